The van der Waals surface area contributed by atoms with Gasteiger partial charge >= 0.3 is 0 Å². The normalized spacial score (nSPS) is 15.4. The van der Waals surface area contributed by atoms with Gasteiger partial charge in [-0.3, -0.25) is 19.5 Å². The van der Waals surface area contributed by atoms with Crippen LogP contribution >= 0.6 is 0 Å². The van der Waals surface area contributed by atoms with Gasteiger partial charge in [0.2, 0.25) is 5.91 Å². The first-order chi connectivity index (χ1) is 17.1. The quantitative estimate of drug-likeness (QED) is 0.591. The molecule has 2 amide bonds. The van der Waals surface area contributed by atoms with Gasteiger partial charge in [0.15, 0.2) is 0 Å². The summed E-state index contributed by atoms with van der Waals surface area (Å²) in [4.78, 5) is 32.4. The molecule has 35 heavy (non-hydrogen) atoms. The van der Waals surface area contributed by atoms with Crippen molar-refractivity contribution in [3.8, 4) is 5.75 Å². The molecule has 2 heterocycles. The van der Waals surface area contributed by atoms with Crippen LogP contribution in [0.2, 0.25) is 0 Å². The number of carbonyl (C=O) groups excluding carboxylic acids is 2. The lowest BCUT2D eigenvalue weighted by Crippen LogP contribution is -2.37. The van der Waals surface area contributed by atoms with Gasteiger partial charge < -0.3 is 15.4 Å². The molecule has 182 valence electrons. The number of rotatable bonds is 4. The van der Waals surface area contributed by atoms with Crippen molar-refractivity contribution < 1.29 is 14.3 Å². The van der Waals surface area contributed by atoms with Gasteiger partial charge in [-0.15, -0.1) is 0 Å². The van der Waals surface area contributed by atoms with E-state index in [0.29, 0.717) is 43.2 Å². The number of carbonyl (C=O) groups is 2. The van der Waals surface area contributed by atoms with Crippen molar-refractivity contribution in [3.63, 3.8) is 0 Å². The van der Waals surface area contributed by atoms with Gasteiger partial charge in [-0.05, 0) is 56.0 Å². The highest BCUT2D eigenvalue weighted by atomic mass is 16.5. The second kappa shape index (κ2) is 12.1. The van der Waals surface area contributed by atoms with Gasteiger partial charge in [0.1, 0.15) is 5.75 Å². The second-order valence-corrected chi connectivity index (χ2v) is 8.81. The Morgan fingerprint density at radius 2 is 1.89 bits per heavy atom. The van der Waals surface area contributed by atoms with E-state index in [9.17, 15) is 9.59 Å². The van der Waals surface area contributed by atoms with E-state index in [-0.39, 0.29) is 18.4 Å². The van der Waals surface area contributed by atoms with Crippen molar-refractivity contribution in [2.45, 2.75) is 39.3 Å². The number of benzene rings is 2. The largest absolute Gasteiger partial charge is 0.493 e. The van der Waals surface area contributed by atoms with E-state index in [2.05, 4.69) is 20.5 Å². The Bertz CT molecular complexity index is 1130. The molecule has 0 bridgehead atoms. The van der Waals surface area contributed by atoms with Crippen molar-refractivity contribution in [3.05, 3.63) is 89.2 Å². The van der Waals surface area contributed by atoms with E-state index in [1.165, 1.54) is 0 Å². The van der Waals surface area contributed by atoms with Crippen LogP contribution in [0.15, 0.2) is 66.9 Å². The van der Waals surface area contributed by atoms with Crippen LogP contribution in [-0.4, -0.2) is 41.4 Å². The molecule has 4 rings (SSSR count). The fraction of sp³-hybridized carbons (Fsp3) is 0.321. The number of nitrogens with one attached hydrogen (secondary N) is 2. The molecular formula is C28H32N4O3. The lowest BCUT2D eigenvalue weighted by Gasteiger charge is -2.24. The Morgan fingerprint density at radius 1 is 1.03 bits per heavy atom. The number of fused-ring (bicyclic) bond motifs is 1. The molecule has 0 unspecified atom stereocenters. The molecule has 1 aliphatic heterocycles. The molecule has 0 fully saturated rings. The fourth-order valence-corrected chi connectivity index (χ4v) is 4.12. The van der Waals surface area contributed by atoms with E-state index in [0.717, 1.165) is 36.1 Å². The van der Waals surface area contributed by atoms with Crippen LogP contribution < -0.4 is 15.4 Å². The highest BCUT2D eigenvalue weighted by Crippen LogP contribution is 2.27. The van der Waals surface area contributed by atoms with Crippen LogP contribution in [0.1, 0.15) is 46.4 Å². The molecule has 2 aromatic carbocycles. The molecule has 1 aromatic heterocycles. The van der Waals surface area contributed by atoms with Crippen molar-refractivity contribution in [1.82, 2.24) is 15.2 Å². The maximum atomic E-state index is 13.3. The number of nitrogens with zero attached hydrogens (tertiary/aromatic N) is 2. The van der Waals surface area contributed by atoms with Crippen LogP contribution in [0.3, 0.4) is 0 Å². The van der Waals surface area contributed by atoms with Gasteiger partial charge in [-0.25, -0.2) is 0 Å². The molecule has 0 aliphatic carbocycles. The molecule has 0 saturated carbocycles. The Labute approximate surface area is 206 Å². The van der Waals surface area contributed by atoms with Crippen LogP contribution in [0.5, 0.6) is 5.75 Å². The minimum absolute atomic E-state index is 0.0182. The third kappa shape index (κ3) is 7.13. The fourth-order valence-electron chi connectivity index (χ4n) is 4.12. The average Bonchev–Trinajstić information content (AvgIpc) is 2.87. The minimum atomic E-state index is -0.232. The number of hydrogen-bond acceptors (Lipinski definition) is 5. The topological polar surface area (TPSA) is 83.6 Å². The summed E-state index contributed by atoms with van der Waals surface area (Å²) >= 11 is 0. The minimum Gasteiger partial charge on any atom is -0.493 e. The first kappa shape index (κ1) is 24.4. The number of aromatic nitrogens is 1. The summed E-state index contributed by atoms with van der Waals surface area (Å²) in [5.74, 6) is 0.428. The Balaban J connectivity index is 1.66. The highest BCUT2D eigenvalue weighted by molar-refractivity contribution is 6.05. The summed E-state index contributed by atoms with van der Waals surface area (Å²) in [6.07, 6.45) is 4.40. The van der Waals surface area contributed by atoms with E-state index >= 15 is 0 Å². The Hall–Kier alpha value is -3.71. The third-order valence-electron chi connectivity index (χ3n) is 5.95. The molecule has 2 N–H and O–H groups in total. The molecular weight excluding hydrogens is 440 g/mol. The molecule has 7 nitrogen and oxygen atoms in total. The molecule has 3 aromatic rings. The van der Waals surface area contributed by atoms with Gasteiger partial charge in [0.05, 0.1) is 25.0 Å². The van der Waals surface area contributed by atoms with Crippen molar-refractivity contribution >= 4 is 17.5 Å². The number of aryl methyl sites for hydroxylation is 1. The number of anilines is 1. The van der Waals surface area contributed by atoms with Crippen LogP contribution in [0.25, 0.3) is 0 Å². The Kier molecular flexibility index (Phi) is 8.46. The zero-order chi connectivity index (χ0) is 24.5. The number of ether oxygens (including phenoxy) is 1. The van der Waals surface area contributed by atoms with Gasteiger partial charge in [-0.1, -0.05) is 36.4 Å². The molecule has 0 atom stereocenters. The SMILES string of the molecule is Cc1ccc(NC(=O)c2cccc3c2CN(Cc2ccccc2)CC(=O)NCCCCCO3)cn1. The smallest absolute Gasteiger partial charge is 0.256 e. The van der Waals surface area contributed by atoms with E-state index in [1.807, 2.05) is 61.5 Å². The summed E-state index contributed by atoms with van der Waals surface area (Å²) in [7, 11) is 0. The Morgan fingerprint density at radius 3 is 2.69 bits per heavy atom. The van der Waals surface area contributed by atoms with Crippen molar-refractivity contribution in [1.29, 1.82) is 0 Å². The van der Waals surface area contributed by atoms with Crippen molar-refractivity contribution in [2.24, 2.45) is 0 Å². The number of amides is 2. The maximum absolute atomic E-state index is 13.3. The maximum Gasteiger partial charge on any atom is 0.256 e. The van der Waals surface area contributed by atoms with Crippen molar-refractivity contribution in [2.75, 3.05) is 25.0 Å². The molecule has 7 heteroatoms. The number of hydrogen-bond donors (Lipinski definition) is 2. The lowest BCUT2D eigenvalue weighted by atomic mass is 10.0. The zero-order valence-electron chi connectivity index (χ0n) is 20.1. The first-order valence-corrected chi connectivity index (χ1v) is 12.1. The predicted molar refractivity (Wildman–Crippen MR) is 136 cm³/mol. The molecule has 0 radical (unpaired) electrons. The molecule has 1 aliphatic rings. The lowest BCUT2D eigenvalue weighted by molar-refractivity contribution is -0.122. The summed E-state index contributed by atoms with van der Waals surface area (Å²) < 4.78 is 6.16. The third-order valence-corrected chi connectivity index (χ3v) is 5.95. The van der Waals surface area contributed by atoms with Gasteiger partial charge in [0, 0.05) is 36.5 Å². The van der Waals surface area contributed by atoms with E-state index < -0.39 is 0 Å². The average molecular weight is 473 g/mol. The van der Waals surface area contributed by atoms with E-state index in [4.69, 9.17) is 4.74 Å². The summed E-state index contributed by atoms with van der Waals surface area (Å²) in [6.45, 7) is 4.32. The highest BCUT2D eigenvalue weighted by Gasteiger charge is 2.21. The van der Waals surface area contributed by atoms with Crippen LogP contribution in [-0.2, 0) is 17.9 Å². The first-order valence-electron chi connectivity index (χ1n) is 12.1. The molecule has 0 saturated heterocycles. The summed E-state index contributed by atoms with van der Waals surface area (Å²) in [5.41, 5.74) is 3.90. The van der Waals surface area contributed by atoms with Gasteiger partial charge in [0.25, 0.3) is 5.91 Å². The summed E-state index contributed by atoms with van der Waals surface area (Å²) in [6, 6.07) is 19.3. The zero-order valence-corrected chi connectivity index (χ0v) is 20.1. The molecule has 0 spiro atoms. The number of pyridine rings is 1. The summed E-state index contributed by atoms with van der Waals surface area (Å²) in [5, 5.41) is 5.98. The van der Waals surface area contributed by atoms with Crippen LogP contribution in [0.4, 0.5) is 5.69 Å². The standard InChI is InChI=1S/C28H32N4O3/c1-21-13-14-23(17-30-21)31-28(34)24-11-8-12-26-25(24)19-32(18-22-9-4-2-5-10-22)20-27(33)29-15-6-3-7-16-35-26/h2,4-5,8-14,17H,3,6-7,15-16,18-20H2,1H3,(H,29,33)(H,31,34). The predicted octanol–water partition coefficient (Wildman–Crippen LogP) is 4.32. The monoisotopic (exact) mass is 472 g/mol. The van der Waals surface area contributed by atoms with E-state index in [1.54, 1.807) is 12.3 Å². The second-order valence-electron chi connectivity index (χ2n) is 8.81. The van der Waals surface area contributed by atoms with Gasteiger partial charge in [-0.2, -0.15) is 0 Å². The van der Waals surface area contributed by atoms with Crippen LogP contribution in [0, 0.1) is 6.92 Å².